The van der Waals surface area contributed by atoms with Crippen molar-refractivity contribution in [2.24, 2.45) is 40.5 Å². The van der Waals surface area contributed by atoms with E-state index in [1.165, 1.54) is 31.2 Å². The van der Waals surface area contributed by atoms with Crippen molar-refractivity contribution < 1.29 is 127 Å². The molecule has 0 saturated heterocycles. The van der Waals surface area contributed by atoms with Gasteiger partial charge in [-0.1, -0.05) is 76.6 Å². The second kappa shape index (κ2) is 56.1. The molecule has 0 unspecified atom stereocenters. The Kier molecular flexibility index (Phi) is 48.6. The molecular formula is C77H120N20O26. The summed E-state index contributed by atoms with van der Waals surface area (Å²) >= 11 is 0. The molecule has 0 bridgehead atoms. The number of primary amides is 2. The van der Waals surface area contributed by atoms with Gasteiger partial charge in [0.15, 0.2) is 0 Å². The lowest BCUT2D eigenvalue weighted by molar-refractivity contribution is -0.147. The van der Waals surface area contributed by atoms with Crippen LogP contribution in [-0.4, -0.2) is 273 Å². The fraction of sp³-hybridized carbons (Fsp3) is 0.584. The average Bonchev–Trinajstić information content (AvgIpc) is 0.851. The molecule has 0 aliphatic carbocycles. The smallest absolute Gasteiger partial charge is 0.326 e. The third-order valence-corrected chi connectivity index (χ3v) is 18.3. The molecule has 123 heavy (non-hydrogen) atoms. The normalized spacial score (nSPS) is 14.4. The Labute approximate surface area is 708 Å². The summed E-state index contributed by atoms with van der Waals surface area (Å²) in [5.41, 5.74) is 28.9. The van der Waals surface area contributed by atoms with Crippen molar-refractivity contribution >= 4 is 118 Å². The number of hydrogen-bond donors (Lipinski definition) is 26. The van der Waals surface area contributed by atoms with E-state index >= 15 is 0 Å². The van der Waals surface area contributed by atoms with Crippen molar-refractivity contribution in [2.45, 2.75) is 235 Å². The van der Waals surface area contributed by atoms with Crippen molar-refractivity contribution in [3.05, 3.63) is 65.7 Å². The van der Waals surface area contributed by atoms with E-state index in [0.717, 1.165) is 6.92 Å². The largest absolute Gasteiger partial charge is 0.508 e. The Morgan fingerprint density at radius 2 is 0.748 bits per heavy atom. The zero-order valence-corrected chi connectivity index (χ0v) is 69.4. The second-order valence-corrected chi connectivity index (χ2v) is 30.0. The first-order valence-electron chi connectivity index (χ1n) is 39.8. The molecule has 17 amide bonds. The van der Waals surface area contributed by atoms with Crippen molar-refractivity contribution in [3.8, 4) is 5.75 Å². The quantitative estimate of drug-likeness (QED) is 0.0274. The number of rotatable bonds is 60. The Bertz CT molecular complexity index is 3930. The van der Waals surface area contributed by atoms with Crippen LogP contribution in [0.25, 0.3) is 0 Å². The molecule has 0 aliphatic rings. The number of nitrogens with one attached hydrogen (secondary N) is 15. The number of amides is 17. The summed E-state index contributed by atoms with van der Waals surface area (Å²) in [4.78, 5) is 265. The fourth-order valence-electron chi connectivity index (χ4n) is 11.7. The summed E-state index contributed by atoms with van der Waals surface area (Å²) in [7, 11) is 0. The summed E-state index contributed by atoms with van der Waals surface area (Å²) in [6, 6.07) is -7.42. The molecule has 0 saturated carbocycles. The number of phenols is 1. The Morgan fingerprint density at radius 3 is 1.23 bits per heavy atom. The van der Waals surface area contributed by atoms with E-state index in [1.54, 1.807) is 58.0 Å². The van der Waals surface area contributed by atoms with Crippen LogP contribution in [-0.2, 0) is 109 Å². The van der Waals surface area contributed by atoms with Gasteiger partial charge in [-0.3, -0.25) is 91.1 Å². The number of carbonyl (C=O) groups is 20. The van der Waals surface area contributed by atoms with Crippen molar-refractivity contribution in [3.63, 3.8) is 0 Å². The van der Waals surface area contributed by atoms with E-state index in [4.69, 9.17) is 33.8 Å². The molecule has 0 fully saturated rings. The van der Waals surface area contributed by atoms with Gasteiger partial charge in [0.25, 0.3) is 0 Å². The number of hydrogen-bond acceptors (Lipinski definition) is 26. The third kappa shape index (κ3) is 43.0. The minimum atomic E-state index is -1.91. The third-order valence-electron chi connectivity index (χ3n) is 18.3. The number of benzene rings is 2. The summed E-state index contributed by atoms with van der Waals surface area (Å²) in [5.74, 6) is -23.2. The van der Waals surface area contributed by atoms with E-state index in [2.05, 4.69) is 74.4 Å². The summed E-state index contributed by atoms with van der Waals surface area (Å²) in [6.45, 7) is 5.63. The number of carboxylic acids is 3. The van der Waals surface area contributed by atoms with Gasteiger partial charge in [0.2, 0.25) is 100 Å². The molecule has 684 valence electrons. The SMILES string of the molecule is CC(C)C[C@H](NC(=O)[C@H](CCCCN)NC(=O)[C@H](C)NC(=O)[C@H](CO)NC(=O)[C@H](CCC(N)=O)NC(=O)[C@H](CC(C)C)NC(=O)[C@@H](NC(=O)[C@H](CCC(N)=O)NC(=O)[C@@H](N)CCCCN)[C@@H](C)O)C(=O)N[C@@H](Cc1ccc(O)cc1)C(=O)N[C@@H](Cc1ccccc1)C(=O)NCC(=O)N[C@@H](CCC(=O)O)C(=O)NCC(=O)NCC(=O)N[C@@H](CC(=O)O)C(=O)O. The van der Waals surface area contributed by atoms with Crippen LogP contribution in [0.3, 0.4) is 0 Å². The number of carboxylic acid groups (broad SMARTS) is 3. The van der Waals surface area contributed by atoms with Gasteiger partial charge in [-0.05, 0) is 126 Å². The van der Waals surface area contributed by atoms with Crippen LogP contribution in [0.1, 0.15) is 149 Å². The molecule has 0 aliphatic heterocycles. The van der Waals surface area contributed by atoms with E-state index < -0.39 is 274 Å². The van der Waals surface area contributed by atoms with Gasteiger partial charge in [-0.25, -0.2) is 4.79 Å². The molecule has 2 rings (SSSR count). The number of aliphatic carboxylic acids is 3. The summed E-state index contributed by atoms with van der Waals surface area (Å²) < 4.78 is 0. The van der Waals surface area contributed by atoms with Crippen molar-refractivity contribution in [1.29, 1.82) is 0 Å². The average molecular weight is 1740 g/mol. The van der Waals surface area contributed by atoms with Crippen LogP contribution in [0.15, 0.2) is 54.6 Å². The van der Waals surface area contributed by atoms with Gasteiger partial charge < -0.3 is 139 Å². The molecular weight excluding hydrogens is 1620 g/mol. The van der Waals surface area contributed by atoms with Gasteiger partial charge in [0.05, 0.1) is 44.8 Å². The van der Waals surface area contributed by atoms with Crippen LogP contribution in [0, 0.1) is 11.8 Å². The maximum absolute atomic E-state index is 14.8. The van der Waals surface area contributed by atoms with Crippen molar-refractivity contribution in [1.82, 2.24) is 79.8 Å². The van der Waals surface area contributed by atoms with Crippen LogP contribution in [0.2, 0.25) is 0 Å². The van der Waals surface area contributed by atoms with E-state index in [1.807, 2.05) is 5.32 Å². The first-order valence-corrected chi connectivity index (χ1v) is 39.8. The van der Waals surface area contributed by atoms with Gasteiger partial charge in [-0.15, -0.1) is 0 Å². The minimum Gasteiger partial charge on any atom is -0.508 e. The van der Waals surface area contributed by atoms with Crippen molar-refractivity contribution in [2.75, 3.05) is 39.3 Å². The monoisotopic (exact) mass is 1740 g/mol. The fourth-order valence-corrected chi connectivity index (χ4v) is 11.7. The molecule has 0 heterocycles. The Hall–Kier alpha value is -12.6. The molecule has 0 spiro atoms. The van der Waals surface area contributed by atoms with E-state index in [0.29, 0.717) is 36.9 Å². The summed E-state index contributed by atoms with van der Waals surface area (Å²) in [5, 5.41) is 94.2. The minimum absolute atomic E-state index is 0.115. The maximum atomic E-state index is 14.8. The van der Waals surface area contributed by atoms with Crippen LogP contribution in [0.5, 0.6) is 5.75 Å². The summed E-state index contributed by atoms with van der Waals surface area (Å²) in [6.07, 6.45) is -5.10. The highest BCUT2D eigenvalue weighted by molar-refractivity contribution is 6.01. The molecule has 46 nitrogen and oxygen atoms in total. The predicted octanol–water partition coefficient (Wildman–Crippen LogP) is -8.63. The number of aliphatic hydroxyl groups is 2. The number of carbonyl (C=O) groups excluding carboxylic acids is 17. The molecule has 14 atom stereocenters. The first kappa shape index (κ1) is 107. The van der Waals surface area contributed by atoms with Gasteiger partial charge in [-0.2, -0.15) is 0 Å². The molecule has 0 aromatic heterocycles. The van der Waals surface area contributed by atoms with E-state index in [9.17, 15) is 121 Å². The maximum Gasteiger partial charge on any atom is 0.326 e. The highest BCUT2D eigenvalue weighted by atomic mass is 16.4. The van der Waals surface area contributed by atoms with Gasteiger partial charge in [0, 0.05) is 32.1 Å². The van der Waals surface area contributed by atoms with Gasteiger partial charge >= 0.3 is 17.9 Å². The lowest BCUT2D eigenvalue weighted by Crippen LogP contribution is -2.62. The van der Waals surface area contributed by atoms with Crippen LogP contribution >= 0.6 is 0 Å². The number of aliphatic hydroxyl groups excluding tert-OH is 2. The highest BCUT2D eigenvalue weighted by Crippen LogP contribution is 2.16. The molecule has 0 radical (unpaired) electrons. The molecule has 46 heteroatoms. The highest BCUT2D eigenvalue weighted by Gasteiger charge is 2.38. The first-order chi connectivity index (χ1) is 57.9. The number of aromatic hydroxyl groups is 1. The number of nitrogens with two attached hydrogens (primary N) is 5. The lowest BCUT2D eigenvalue weighted by atomic mass is 9.99. The number of phenolic OH excluding ortho intramolecular Hbond substituents is 1. The zero-order chi connectivity index (χ0) is 92.8. The topological polar surface area (TPSA) is 773 Å². The zero-order valence-electron chi connectivity index (χ0n) is 69.4. The van der Waals surface area contributed by atoms with Crippen LogP contribution < -0.4 is 108 Å². The standard InChI is InChI=1S/C77H120N20O26/c1-39(2)30-51(73(118)94-54(33-44-18-20-45(100)21-19-44)74(119)93-53(32-43-14-8-7-9-15-43)68(113)85-37-61(105)87-48(24-27-62(106)107)67(112)84-35-59(103)83-36-60(104)88-55(77(122)123)34-63(108)109)92-69(114)47(17-11-13-29-79)89-65(110)41(5)86-75(120)56(38-98)96-70(115)49(22-25-57(81)101)91-72(117)52(31-40(3)4)95-76(121)64(42(6)99)97-71(116)50(23-26-58(82)102)90-66(111)46(80)16-10-12-28-78/h7-9,14-15,18-21,39-42,46-56,64,98-100H,10-13,16-17,22-38,78-80H2,1-6H3,(H2,81,101)(H2,82,102)(H,83,103)(H,84,112)(H,85,113)(H,86,120)(H,87,105)(H,88,104)(H,89,110)(H,90,111)(H,91,117)(H,92,114)(H,93,119)(H,94,118)(H,95,121)(H,96,115)(H,97,116)(H,106,107)(H,108,109)(H,122,123)/t41-,42+,46-,47-,48-,49-,50-,51-,52-,53-,54-,55-,56-,64-/m0/s1. The molecule has 2 aromatic carbocycles. The van der Waals surface area contributed by atoms with E-state index in [-0.39, 0.29) is 69.6 Å². The molecule has 2 aromatic rings. The van der Waals surface area contributed by atoms with Crippen LogP contribution in [0.4, 0.5) is 0 Å². The Balaban J connectivity index is 2.43. The second-order valence-electron chi connectivity index (χ2n) is 30.0. The lowest BCUT2D eigenvalue weighted by Gasteiger charge is -2.29. The van der Waals surface area contributed by atoms with Gasteiger partial charge in [0.1, 0.15) is 78.3 Å². The Morgan fingerprint density at radius 1 is 0.366 bits per heavy atom. The number of unbranched alkanes of at least 4 members (excludes halogenated alkanes) is 2. The predicted molar refractivity (Wildman–Crippen MR) is 435 cm³/mol. The molecule has 31 N–H and O–H groups in total.